The van der Waals surface area contributed by atoms with Crippen molar-refractivity contribution in [2.24, 2.45) is 0 Å². The van der Waals surface area contributed by atoms with Crippen LogP contribution in [0.3, 0.4) is 0 Å². The van der Waals surface area contributed by atoms with Gasteiger partial charge in [-0.15, -0.1) is 11.3 Å². The number of benzene rings is 1. The van der Waals surface area contributed by atoms with Gasteiger partial charge in [-0.1, -0.05) is 12.1 Å². The molecule has 2 rings (SSSR count). The minimum absolute atomic E-state index is 0.287. The van der Waals surface area contributed by atoms with Crippen molar-refractivity contribution in [1.82, 2.24) is 10.3 Å². The van der Waals surface area contributed by atoms with E-state index in [9.17, 15) is 8.42 Å². The van der Waals surface area contributed by atoms with Gasteiger partial charge in [0, 0.05) is 18.1 Å². The van der Waals surface area contributed by atoms with Crippen molar-refractivity contribution in [1.29, 1.82) is 0 Å². The molecule has 0 aliphatic rings. The molecule has 1 aromatic carbocycles. The predicted octanol–water partition coefficient (Wildman–Crippen LogP) is 1.97. The lowest BCUT2D eigenvalue weighted by molar-refractivity contribution is 0.600. The second-order valence-electron chi connectivity index (χ2n) is 4.07. The van der Waals surface area contributed by atoms with Crippen molar-refractivity contribution < 1.29 is 8.42 Å². The number of hydrogen-bond acceptors (Lipinski definition) is 5. The normalized spacial score (nSPS) is 11.5. The number of hydrogen-bond donors (Lipinski definition) is 2. The van der Waals surface area contributed by atoms with Crippen LogP contribution in [0.15, 0.2) is 34.7 Å². The number of rotatable bonds is 5. The molecule has 0 amide bonds. The van der Waals surface area contributed by atoms with E-state index in [1.807, 2.05) is 19.2 Å². The Balaban J connectivity index is 2.36. The fourth-order valence-corrected chi connectivity index (χ4v) is 3.78. The van der Waals surface area contributed by atoms with Gasteiger partial charge in [0.1, 0.15) is 0 Å². The second-order valence-corrected chi connectivity index (χ2v) is 6.62. The molecule has 0 aliphatic heterocycles. The van der Waals surface area contributed by atoms with Crippen LogP contribution in [-0.2, 0) is 16.6 Å². The van der Waals surface area contributed by atoms with Crippen molar-refractivity contribution in [3.05, 3.63) is 40.9 Å². The summed E-state index contributed by atoms with van der Waals surface area (Å²) in [5.41, 5.74) is 1.64. The summed E-state index contributed by atoms with van der Waals surface area (Å²) in [5, 5.41) is 5.10. The van der Waals surface area contributed by atoms with Crippen LogP contribution in [0.4, 0.5) is 5.13 Å². The molecule has 0 saturated carbocycles. The topological polar surface area (TPSA) is 71.1 Å². The van der Waals surface area contributed by atoms with Gasteiger partial charge in [0.2, 0.25) is 0 Å². The summed E-state index contributed by atoms with van der Waals surface area (Å²) in [6.45, 7) is 2.40. The van der Waals surface area contributed by atoms with Crippen molar-refractivity contribution >= 4 is 26.5 Å². The molecule has 0 aliphatic carbocycles. The van der Waals surface area contributed by atoms with Gasteiger partial charge in [-0.25, -0.2) is 13.4 Å². The van der Waals surface area contributed by atoms with E-state index >= 15 is 0 Å². The van der Waals surface area contributed by atoms with E-state index in [0.717, 1.165) is 5.56 Å². The minimum atomic E-state index is -3.58. The fourth-order valence-electron chi connectivity index (χ4n) is 1.69. The fraction of sp³-hybridized carbons (Fsp3) is 0.250. The highest BCUT2D eigenvalue weighted by molar-refractivity contribution is 7.93. The number of nitrogens with one attached hydrogen (secondary N) is 2. The number of aryl methyl sites for hydroxylation is 1. The zero-order chi connectivity index (χ0) is 13.9. The summed E-state index contributed by atoms with van der Waals surface area (Å²) < 4.78 is 27.1. The minimum Gasteiger partial charge on any atom is -0.316 e. The van der Waals surface area contributed by atoms with Crippen molar-refractivity contribution in [2.75, 3.05) is 11.8 Å². The molecular formula is C12H15N3O2S2. The van der Waals surface area contributed by atoms with Crippen LogP contribution in [0.25, 0.3) is 0 Å². The van der Waals surface area contributed by atoms with Crippen LogP contribution in [0.1, 0.15) is 11.1 Å². The summed E-state index contributed by atoms with van der Waals surface area (Å²) >= 11 is 1.25. The lowest BCUT2D eigenvalue weighted by atomic mass is 10.1. The SMILES string of the molecule is CNCc1ccc(C)c(S(=O)(=O)Nc2nccs2)c1. The third kappa shape index (κ3) is 3.31. The molecule has 0 radical (unpaired) electrons. The quantitative estimate of drug-likeness (QED) is 0.885. The molecule has 0 bridgehead atoms. The first-order valence-electron chi connectivity index (χ1n) is 5.69. The summed E-state index contributed by atoms with van der Waals surface area (Å²) in [7, 11) is -1.76. The second kappa shape index (κ2) is 5.68. The van der Waals surface area contributed by atoms with E-state index in [2.05, 4.69) is 15.0 Å². The van der Waals surface area contributed by atoms with E-state index in [1.165, 1.54) is 11.3 Å². The predicted molar refractivity (Wildman–Crippen MR) is 76.9 cm³/mol. The van der Waals surface area contributed by atoms with Gasteiger partial charge in [0.05, 0.1) is 4.90 Å². The molecule has 1 aromatic heterocycles. The number of aromatic nitrogens is 1. The highest BCUT2D eigenvalue weighted by Gasteiger charge is 2.18. The van der Waals surface area contributed by atoms with E-state index in [-0.39, 0.29) is 4.90 Å². The Labute approximate surface area is 116 Å². The molecule has 0 unspecified atom stereocenters. The number of sulfonamides is 1. The van der Waals surface area contributed by atoms with Gasteiger partial charge >= 0.3 is 0 Å². The molecule has 2 N–H and O–H groups in total. The van der Waals surface area contributed by atoms with Gasteiger partial charge in [-0.3, -0.25) is 4.72 Å². The van der Waals surface area contributed by atoms with E-state index in [0.29, 0.717) is 17.2 Å². The van der Waals surface area contributed by atoms with Gasteiger partial charge in [-0.2, -0.15) is 0 Å². The molecule has 0 atom stereocenters. The highest BCUT2D eigenvalue weighted by atomic mass is 32.2. The molecule has 0 fully saturated rings. The van der Waals surface area contributed by atoms with Gasteiger partial charge < -0.3 is 5.32 Å². The monoisotopic (exact) mass is 297 g/mol. The number of anilines is 1. The first-order valence-corrected chi connectivity index (χ1v) is 8.05. The molecule has 5 nitrogen and oxygen atoms in total. The average Bonchev–Trinajstić information content (AvgIpc) is 2.84. The van der Waals surface area contributed by atoms with E-state index < -0.39 is 10.0 Å². The Morgan fingerprint density at radius 1 is 1.37 bits per heavy atom. The average molecular weight is 297 g/mol. The Morgan fingerprint density at radius 3 is 2.79 bits per heavy atom. The van der Waals surface area contributed by atoms with E-state index in [4.69, 9.17) is 0 Å². The Morgan fingerprint density at radius 2 is 2.16 bits per heavy atom. The lowest BCUT2D eigenvalue weighted by Crippen LogP contribution is -2.15. The first kappa shape index (κ1) is 14.0. The van der Waals surface area contributed by atoms with Gasteiger partial charge in [-0.05, 0) is 31.2 Å². The largest absolute Gasteiger partial charge is 0.316 e. The van der Waals surface area contributed by atoms with Gasteiger partial charge in [0.25, 0.3) is 10.0 Å². The van der Waals surface area contributed by atoms with Crippen LogP contribution >= 0.6 is 11.3 Å². The molecule has 102 valence electrons. The molecular weight excluding hydrogens is 282 g/mol. The van der Waals surface area contributed by atoms with Crippen molar-refractivity contribution in [3.8, 4) is 0 Å². The van der Waals surface area contributed by atoms with Crippen LogP contribution in [-0.4, -0.2) is 20.4 Å². The molecule has 1 heterocycles. The van der Waals surface area contributed by atoms with Crippen LogP contribution in [0, 0.1) is 6.92 Å². The molecule has 7 heteroatoms. The standard InChI is InChI=1S/C12H15N3O2S2/c1-9-3-4-10(8-13-2)7-11(9)19(16,17)15-12-14-5-6-18-12/h3-7,13H,8H2,1-2H3,(H,14,15). The summed E-state index contributed by atoms with van der Waals surface area (Å²) in [4.78, 5) is 4.22. The maximum absolute atomic E-state index is 12.3. The molecule has 19 heavy (non-hydrogen) atoms. The van der Waals surface area contributed by atoms with E-state index in [1.54, 1.807) is 24.6 Å². The Bertz CT molecular complexity index is 652. The molecule has 0 saturated heterocycles. The maximum atomic E-state index is 12.3. The Kier molecular flexibility index (Phi) is 4.18. The van der Waals surface area contributed by atoms with Crippen LogP contribution in [0.2, 0.25) is 0 Å². The maximum Gasteiger partial charge on any atom is 0.263 e. The van der Waals surface area contributed by atoms with Crippen LogP contribution < -0.4 is 10.0 Å². The first-order chi connectivity index (χ1) is 9.03. The van der Waals surface area contributed by atoms with Crippen LogP contribution in [0.5, 0.6) is 0 Å². The van der Waals surface area contributed by atoms with Crippen molar-refractivity contribution in [2.45, 2.75) is 18.4 Å². The summed E-state index contributed by atoms with van der Waals surface area (Å²) in [6.07, 6.45) is 1.56. The number of thiazole rings is 1. The molecule has 0 spiro atoms. The molecule has 2 aromatic rings. The smallest absolute Gasteiger partial charge is 0.263 e. The highest BCUT2D eigenvalue weighted by Crippen LogP contribution is 2.21. The third-order valence-electron chi connectivity index (χ3n) is 2.58. The number of nitrogens with zero attached hydrogens (tertiary/aromatic N) is 1. The lowest BCUT2D eigenvalue weighted by Gasteiger charge is -2.10. The summed E-state index contributed by atoms with van der Waals surface area (Å²) in [5.74, 6) is 0. The van der Waals surface area contributed by atoms with Gasteiger partial charge in [0.15, 0.2) is 5.13 Å². The Hall–Kier alpha value is -1.44. The van der Waals surface area contributed by atoms with Crippen molar-refractivity contribution in [3.63, 3.8) is 0 Å². The zero-order valence-electron chi connectivity index (χ0n) is 10.7. The third-order valence-corrected chi connectivity index (χ3v) is 4.88. The summed E-state index contributed by atoms with van der Waals surface area (Å²) in [6, 6.07) is 5.40. The zero-order valence-corrected chi connectivity index (χ0v) is 12.3.